The highest BCUT2D eigenvalue weighted by Gasteiger charge is 2.36. The SMILES string of the molecule is O=C1c2ccc(O)c(O)c2C(=O)c2c(O)ccc(O)c21.[HH].[HH].[HH].[HH]. The fourth-order valence-electron chi connectivity index (χ4n) is 2.30. The second-order valence-corrected chi connectivity index (χ2v) is 4.37. The molecule has 4 N–H and O–H groups in total. The van der Waals surface area contributed by atoms with E-state index in [1.165, 1.54) is 6.07 Å². The number of aromatic hydroxyl groups is 4. The van der Waals surface area contributed by atoms with Crippen LogP contribution in [-0.2, 0) is 0 Å². The Balaban J connectivity index is 0. The van der Waals surface area contributed by atoms with E-state index >= 15 is 0 Å². The summed E-state index contributed by atoms with van der Waals surface area (Å²) in [6.45, 7) is 0. The Hall–Kier alpha value is -3.02. The monoisotopic (exact) mass is 280 g/mol. The second kappa shape index (κ2) is 3.74. The number of hydrogen-bond acceptors (Lipinski definition) is 6. The molecule has 0 heterocycles. The van der Waals surface area contributed by atoms with Crippen LogP contribution in [0.2, 0.25) is 0 Å². The normalized spacial score (nSPS) is 13.0. The molecule has 2 aromatic rings. The van der Waals surface area contributed by atoms with Gasteiger partial charge < -0.3 is 20.4 Å². The Morgan fingerprint density at radius 2 is 1.15 bits per heavy atom. The number of phenolic OH excluding ortho intramolecular Hbond substituents is 4. The van der Waals surface area contributed by atoms with Crippen molar-refractivity contribution in [2.75, 3.05) is 0 Å². The van der Waals surface area contributed by atoms with Gasteiger partial charge in [-0.05, 0) is 24.3 Å². The maximum Gasteiger partial charge on any atom is 0.202 e. The van der Waals surface area contributed by atoms with E-state index < -0.39 is 34.6 Å². The predicted molar refractivity (Wildman–Crippen MR) is 74.9 cm³/mol. The van der Waals surface area contributed by atoms with Gasteiger partial charge in [0.05, 0.1) is 16.7 Å². The van der Waals surface area contributed by atoms with Crippen LogP contribution in [0.4, 0.5) is 0 Å². The maximum absolute atomic E-state index is 12.3. The van der Waals surface area contributed by atoms with Gasteiger partial charge in [0.25, 0.3) is 0 Å². The van der Waals surface area contributed by atoms with Crippen molar-refractivity contribution in [3.05, 3.63) is 46.5 Å². The van der Waals surface area contributed by atoms with Gasteiger partial charge in [-0.2, -0.15) is 0 Å². The lowest BCUT2D eigenvalue weighted by Crippen LogP contribution is -2.21. The van der Waals surface area contributed by atoms with Gasteiger partial charge in [-0.3, -0.25) is 9.59 Å². The molecule has 108 valence electrons. The Kier molecular flexibility index (Phi) is 2.25. The molecule has 0 spiro atoms. The molecule has 0 aromatic heterocycles. The summed E-state index contributed by atoms with van der Waals surface area (Å²) in [6, 6.07) is 4.43. The van der Waals surface area contributed by atoms with Crippen molar-refractivity contribution < 1.29 is 35.7 Å². The van der Waals surface area contributed by atoms with E-state index in [1.807, 2.05) is 0 Å². The van der Waals surface area contributed by atoms with E-state index in [0.29, 0.717) is 0 Å². The summed E-state index contributed by atoms with van der Waals surface area (Å²) in [6.07, 6.45) is 0. The second-order valence-electron chi connectivity index (χ2n) is 4.37. The molecule has 0 bridgehead atoms. The van der Waals surface area contributed by atoms with Crippen LogP contribution in [0.3, 0.4) is 0 Å². The van der Waals surface area contributed by atoms with Gasteiger partial charge in [0.2, 0.25) is 5.78 Å². The Morgan fingerprint density at radius 3 is 1.75 bits per heavy atom. The van der Waals surface area contributed by atoms with Crippen molar-refractivity contribution in [1.29, 1.82) is 0 Å². The third-order valence-corrected chi connectivity index (χ3v) is 3.24. The quantitative estimate of drug-likeness (QED) is 0.371. The predicted octanol–water partition coefficient (Wildman–Crippen LogP) is 2.27. The van der Waals surface area contributed by atoms with Gasteiger partial charge >= 0.3 is 0 Å². The van der Waals surface area contributed by atoms with Gasteiger partial charge in [0.15, 0.2) is 17.3 Å². The zero-order valence-corrected chi connectivity index (χ0v) is 9.91. The van der Waals surface area contributed by atoms with E-state index in [4.69, 9.17) is 0 Å². The first kappa shape index (κ1) is 12.0. The zero-order valence-electron chi connectivity index (χ0n) is 9.91. The van der Waals surface area contributed by atoms with Crippen molar-refractivity contribution in [3.63, 3.8) is 0 Å². The highest BCUT2D eigenvalue weighted by molar-refractivity contribution is 6.31. The summed E-state index contributed by atoms with van der Waals surface area (Å²) in [5.74, 6) is -3.74. The van der Waals surface area contributed by atoms with Crippen LogP contribution < -0.4 is 0 Å². The minimum atomic E-state index is -0.837. The molecule has 6 nitrogen and oxygen atoms in total. The molecular formula is C14H16O6. The third-order valence-electron chi connectivity index (χ3n) is 3.24. The average Bonchev–Trinajstić information content (AvgIpc) is 2.41. The van der Waals surface area contributed by atoms with E-state index in [9.17, 15) is 30.0 Å². The van der Waals surface area contributed by atoms with Crippen molar-refractivity contribution in [1.82, 2.24) is 0 Å². The zero-order chi connectivity index (χ0) is 14.6. The summed E-state index contributed by atoms with van der Waals surface area (Å²) in [5.41, 5.74) is -1.22. The Morgan fingerprint density at radius 1 is 0.650 bits per heavy atom. The molecule has 6 heteroatoms. The van der Waals surface area contributed by atoms with Crippen LogP contribution >= 0.6 is 0 Å². The molecule has 0 radical (unpaired) electrons. The summed E-state index contributed by atoms with van der Waals surface area (Å²) in [5, 5.41) is 38.6. The minimum absolute atomic E-state index is 0. The smallest absolute Gasteiger partial charge is 0.202 e. The van der Waals surface area contributed by atoms with Gasteiger partial charge in [-0.1, -0.05) is 0 Å². The number of carbonyl (C=O) groups is 2. The molecule has 0 saturated carbocycles. The van der Waals surface area contributed by atoms with E-state index in [0.717, 1.165) is 18.2 Å². The van der Waals surface area contributed by atoms with E-state index in [-0.39, 0.29) is 28.0 Å². The van der Waals surface area contributed by atoms with Crippen LogP contribution in [0.15, 0.2) is 24.3 Å². The van der Waals surface area contributed by atoms with Gasteiger partial charge in [0, 0.05) is 11.3 Å². The molecule has 0 atom stereocenters. The summed E-state index contributed by atoms with van der Waals surface area (Å²) >= 11 is 0. The average molecular weight is 280 g/mol. The molecule has 1 aliphatic rings. The van der Waals surface area contributed by atoms with E-state index in [2.05, 4.69) is 0 Å². The molecular weight excluding hydrogens is 264 g/mol. The van der Waals surface area contributed by atoms with Crippen molar-refractivity contribution in [2.45, 2.75) is 0 Å². The van der Waals surface area contributed by atoms with Crippen molar-refractivity contribution in [3.8, 4) is 23.0 Å². The van der Waals surface area contributed by atoms with Gasteiger partial charge in [-0.15, -0.1) is 0 Å². The lowest BCUT2D eigenvalue weighted by Gasteiger charge is -2.20. The molecule has 0 aliphatic heterocycles. The summed E-state index contributed by atoms with van der Waals surface area (Å²) in [7, 11) is 0. The lowest BCUT2D eigenvalue weighted by atomic mass is 9.82. The van der Waals surface area contributed by atoms with E-state index in [1.54, 1.807) is 0 Å². The van der Waals surface area contributed by atoms with Crippen LogP contribution in [0.25, 0.3) is 0 Å². The maximum atomic E-state index is 12.3. The Labute approximate surface area is 118 Å². The largest absolute Gasteiger partial charge is 0.507 e. The fraction of sp³-hybridized carbons (Fsp3) is 0. The molecule has 1 aliphatic carbocycles. The number of hydrogen-bond donors (Lipinski definition) is 4. The molecule has 0 amide bonds. The minimum Gasteiger partial charge on any atom is -0.507 e. The standard InChI is InChI=1S/C14H8O6.4H2/c15-6-3-4-7(16)11-10(6)12(18)5-1-2-8(17)13(19)9(5)14(11)20;;;;/h1-4,15-17,19H;4*1H. The first-order valence-corrected chi connectivity index (χ1v) is 5.62. The molecule has 20 heavy (non-hydrogen) atoms. The van der Waals surface area contributed by atoms with Gasteiger partial charge in [-0.25, -0.2) is 0 Å². The summed E-state index contributed by atoms with van der Waals surface area (Å²) in [4.78, 5) is 24.6. The molecule has 0 saturated heterocycles. The lowest BCUT2D eigenvalue weighted by molar-refractivity contribution is 0.0971. The molecule has 3 rings (SSSR count). The first-order valence-electron chi connectivity index (χ1n) is 5.62. The van der Waals surface area contributed by atoms with Crippen molar-refractivity contribution in [2.24, 2.45) is 0 Å². The van der Waals surface area contributed by atoms with Crippen molar-refractivity contribution >= 4 is 11.6 Å². The van der Waals surface area contributed by atoms with Crippen LogP contribution in [0.5, 0.6) is 23.0 Å². The van der Waals surface area contributed by atoms with Gasteiger partial charge in [0.1, 0.15) is 11.5 Å². The first-order chi connectivity index (χ1) is 9.43. The topological polar surface area (TPSA) is 115 Å². The molecule has 0 fully saturated rings. The molecule has 2 aromatic carbocycles. The number of ketones is 2. The van der Waals surface area contributed by atoms with Crippen LogP contribution in [0, 0.1) is 0 Å². The number of phenols is 4. The number of rotatable bonds is 0. The number of carbonyl (C=O) groups excluding carboxylic acids is 2. The highest BCUT2D eigenvalue weighted by Crippen LogP contribution is 2.42. The number of fused-ring (bicyclic) bond motifs is 2. The summed E-state index contributed by atoms with van der Waals surface area (Å²) < 4.78 is 0. The van der Waals surface area contributed by atoms with Crippen LogP contribution in [-0.4, -0.2) is 32.0 Å². The third kappa shape index (κ3) is 1.33. The number of benzene rings is 2. The Bertz CT molecular complexity index is 802. The fourth-order valence-corrected chi connectivity index (χ4v) is 2.30. The van der Waals surface area contributed by atoms with Crippen LogP contribution in [0.1, 0.15) is 37.5 Å². The highest BCUT2D eigenvalue weighted by atomic mass is 16.3. The molecule has 0 unspecified atom stereocenters.